The van der Waals surface area contributed by atoms with Crippen LogP contribution in [0.3, 0.4) is 0 Å². The highest BCUT2D eigenvalue weighted by Crippen LogP contribution is 2.31. The molecule has 1 heterocycles. The number of carbonyl (C=O) groups is 1. The zero-order chi connectivity index (χ0) is 14.1. The highest BCUT2D eigenvalue weighted by atomic mass is 19.1. The van der Waals surface area contributed by atoms with Crippen molar-refractivity contribution in [3.63, 3.8) is 0 Å². The molecule has 0 bridgehead atoms. The second-order valence-electron chi connectivity index (χ2n) is 5.83. The van der Waals surface area contributed by atoms with Gasteiger partial charge in [0.15, 0.2) is 0 Å². The highest BCUT2D eigenvalue weighted by molar-refractivity contribution is 5.94. The Morgan fingerprint density at radius 1 is 1.40 bits per heavy atom. The molecule has 3 rings (SSSR count). The maximum absolute atomic E-state index is 13.6. The van der Waals surface area contributed by atoms with Gasteiger partial charge in [-0.05, 0) is 49.9 Å². The molecule has 3 N–H and O–H groups in total. The molecule has 108 valence electrons. The second kappa shape index (κ2) is 5.40. The van der Waals surface area contributed by atoms with E-state index in [2.05, 4.69) is 10.2 Å². The lowest BCUT2D eigenvalue weighted by Gasteiger charge is -2.15. The Morgan fingerprint density at radius 3 is 2.90 bits per heavy atom. The summed E-state index contributed by atoms with van der Waals surface area (Å²) < 4.78 is 13.6. The fourth-order valence-corrected chi connectivity index (χ4v) is 2.85. The first-order chi connectivity index (χ1) is 9.63. The fourth-order valence-electron chi connectivity index (χ4n) is 2.85. The molecule has 0 radical (unpaired) electrons. The first kappa shape index (κ1) is 13.4. The van der Waals surface area contributed by atoms with E-state index in [1.54, 1.807) is 6.07 Å². The molecule has 1 amide bonds. The van der Waals surface area contributed by atoms with Crippen molar-refractivity contribution in [1.82, 2.24) is 10.2 Å². The molecule has 1 aliphatic carbocycles. The Hall–Kier alpha value is -1.62. The molecular weight excluding hydrogens is 257 g/mol. The molecule has 1 aliphatic heterocycles. The number of likely N-dealkylation sites (tertiary alicyclic amines) is 1. The lowest BCUT2D eigenvalue weighted by atomic mass is 10.1. The van der Waals surface area contributed by atoms with Crippen LogP contribution in [0.15, 0.2) is 18.2 Å². The average Bonchev–Trinajstić information content (AvgIpc) is 3.15. The summed E-state index contributed by atoms with van der Waals surface area (Å²) in [7, 11) is 0. The molecule has 20 heavy (non-hydrogen) atoms. The normalized spacial score (nSPS) is 22.9. The molecule has 1 aromatic carbocycles. The third-order valence-electron chi connectivity index (χ3n) is 4.17. The Balaban J connectivity index is 1.51. The van der Waals surface area contributed by atoms with Crippen molar-refractivity contribution in [2.24, 2.45) is 5.92 Å². The smallest absolute Gasteiger partial charge is 0.254 e. The molecule has 1 aromatic rings. The van der Waals surface area contributed by atoms with Crippen LogP contribution in [0.2, 0.25) is 0 Å². The van der Waals surface area contributed by atoms with Gasteiger partial charge in [-0.1, -0.05) is 0 Å². The summed E-state index contributed by atoms with van der Waals surface area (Å²) in [5.74, 6) is -0.433. The second-order valence-corrected chi connectivity index (χ2v) is 5.83. The van der Waals surface area contributed by atoms with Crippen LogP contribution in [-0.2, 0) is 0 Å². The summed E-state index contributed by atoms with van der Waals surface area (Å²) in [5, 5.41) is 2.83. The minimum atomic E-state index is -0.562. The van der Waals surface area contributed by atoms with E-state index in [9.17, 15) is 9.18 Å². The summed E-state index contributed by atoms with van der Waals surface area (Å²) in [4.78, 5) is 14.5. The zero-order valence-electron chi connectivity index (χ0n) is 11.4. The van der Waals surface area contributed by atoms with E-state index in [1.807, 2.05) is 0 Å². The van der Waals surface area contributed by atoms with Crippen LogP contribution < -0.4 is 11.1 Å². The van der Waals surface area contributed by atoms with E-state index in [1.165, 1.54) is 25.0 Å². The number of carbonyl (C=O) groups excluding carboxylic acids is 1. The van der Waals surface area contributed by atoms with Crippen LogP contribution in [0.25, 0.3) is 0 Å². The molecule has 0 aromatic heterocycles. The van der Waals surface area contributed by atoms with Crippen molar-refractivity contribution in [3.8, 4) is 0 Å². The minimum absolute atomic E-state index is 0.0660. The van der Waals surface area contributed by atoms with Gasteiger partial charge in [-0.25, -0.2) is 4.39 Å². The quantitative estimate of drug-likeness (QED) is 0.822. The fraction of sp³-hybridized carbons (Fsp3) is 0.533. The zero-order valence-corrected chi connectivity index (χ0v) is 11.4. The molecule has 1 unspecified atom stereocenters. The molecule has 1 saturated carbocycles. The van der Waals surface area contributed by atoms with Gasteiger partial charge in [0.25, 0.3) is 5.91 Å². The van der Waals surface area contributed by atoms with Crippen LogP contribution in [0.1, 0.15) is 29.6 Å². The first-order valence-electron chi connectivity index (χ1n) is 7.21. The average molecular weight is 277 g/mol. The van der Waals surface area contributed by atoms with E-state index in [0.717, 1.165) is 25.6 Å². The van der Waals surface area contributed by atoms with Crippen molar-refractivity contribution in [2.45, 2.75) is 25.3 Å². The van der Waals surface area contributed by atoms with Crippen molar-refractivity contribution in [3.05, 3.63) is 29.6 Å². The molecule has 5 heteroatoms. The number of halogens is 1. The Morgan fingerprint density at radius 2 is 2.20 bits per heavy atom. The number of nitrogens with one attached hydrogen (secondary N) is 1. The topological polar surface area (TPSA) is 58.4 Å². The van der Waals surface area contributed by atoms with E-state index >= 15 is 0 Å². The number of anilines is 1. The number of rotatable bonds is 4. The first-order valence-corrected chi connectivity index (χ1v) is 7.21. The molecule has 4 nitrogen and oxygen atoms in total. The van der Waals surface area contributed by atoms with Crippen LogP contribution in [-0.4, -0.2) is 36.5 Å². The molecular formula is C15H20FN3O. The number of benzene rings is 1. The van der Waals surface area contributed by atoms with Gasteiger partial charge >= 0.3 is 0 Å². The van der Waals surface area contributed by atoms with Gasteiger partial charge in [-0.2, -0.15) is 0 Å². The number of hydrogen-bond acceptors (Lipinski definition) is 3. The van der Waals surface area contributed by atoms with Crippen molar-refractivity contribution in [2.75, 3.05) is 25.4 Å². The summed E-state index contributed by atoms with van der Waals surface area (Å²) in [6.45, 7) is 2.79. The molecule has 0 spiro atoms. The standard InChI is InChI=1S/C15H20FN3O/c16-14-7-11(17)1-4-13(14)15(20)18-8-10-5-6-19(9-10)12-2-3-12/h1,4,7,10,12H,2-3,5-6,8-9,17H2,(H,18,20). The molecule has 1 atom stereocenters. The third kappa shape index (κ3) is 2.93. The van der Waals surface area contributed by atoms with Gasteiger partial charge in [-0.3, -0.25) is 4.79 Å². The number of nitrogens with two attached hydrogens (primary N) is 1. The van der Waals surface area contributed by atoms with Crippen molar-refractivity contribution >= 4 is 11.6 Å². The Bertz CT molecular complexity index is 516. The largest absolute Gasteiger partial charge is 0.399 e. The van der Waals surface area contributed by atoms with Crippen LogP contribution >= 0.6 is 0 Å². The van der Waals surface area contributed by atoms with Gasteiger partial charge in [0, 0.05) is 24.8 Å². The van der Waals surface area contributed by atoms with Gasteiger partial charge in [0.1, 0.15) is 5.82 Å². The summed E-state index contributed by atoms with van der Waals surface area (Å²) in [5.41, 5.74) is 5.87. The Kier molecular flexibility index (Phi) is 3.61. The number of amides is 1. The van der Waals surface area contributed by atoms with Crippen LogP contribution in [0.4, 0.5) is 10.1 Å². The SMILES string of the molecule is Nc1ccc(C(=O)NCC2CCN(C3CC3)C2)c(F)c1. The minimum Gasteiger partial charge on any atom is -0.399 e. The summed E-state index contributed by atoms with van der Waals surface area (Å²) in [6, 6.07) is 4.94. The van der Waals surface area contributed by atoms with Crippen LogP contribution in [0, 0.1) is 11.7 Å². The number of hydrogen-bond donors (Lipinski definition) is 2. The lowest BCUT2D eigenvalue weighted by Crippen LogP contribution is -2.32. The number of nitrogens with zero attached hydrogens (tertiary/aromatic N) is 1. The summed E-state index contributed by atoms with van der Waals surface area (Å²) in [6.07, 6.45) is 3.74. The van der Waals surface area contributed by atoms with Crippen molar-refractivity contribution in [1.29, 1.82) is 0 Å². The lowest BCUT2D eigenvalue weighted by molar-refractivity contribution is 0.0943. The van der Waals surface area contributed by atoms with E-state index in [0.29, 0.717) is 18.2 Å². The van der Waals surface area contributed by atoms with Gasteiger partial charge in [-0.15, -0.1) is 0 Å². The predicted molar refractivity (Wildman–Crippen MR) is 75.8 cm³/mol. The Labute approximate surface area is 118 Å². The molecule has 1 saturated heterocycles. The van der Waals surface area contributed by atoms with E-state index < -0.39 is 5.82 Å². The molecule has 2 fully saturated rings. The maximum atomic E-state index is 13.6. The van der Waals surface area contributed by atoms with E-state index in [4.69, 9.17) is 5.73 Å². The third-order valence-corrected chi connectivity index (χ3v) is 4.17. The monoisotopic (exact) mass is 277 g/mol. The van der Waals surface area contributed by atoms with Gasteiger partial charge in [0.2, 0.25) is 0 Å². The highest BCUT2D eigenvalue weighted by Gasteiger charge is 2.34. The molecule has 2 aliphatic rings. The van der Waals surface area contributed by atoms with Crippen LogP contribution in [0.5, 0.6) is 0 Å². The van der Waals surface area contributed by atoms with E-state index in [-0.39, 0.29) is 11.5 Å². The predicted octanol–water partition coefficient (Wildman–Crippen LogP) is 1.62. The summed E-state index contributed by atoms with van der Waals surface area (Å²) >= 11 is 0. The van der Waals surface area contributed by atoms with Gasteiger partial charge < -0.3 is 16.0 Å². The van der Waals surface area contributed by atoms with Crippen molar-refractivity contribution < 1.29 is 9.18 Å². The van der Waals surface area contributed by atoms with Gasteiger partial charge in [0.05, 0.1) is 5.56 Å². The number of nitrogen functional groups attached to an aromatic ring is 1. The maximum Gasteiger partial charge on any atom is 0.254 e.